The van der Waals surface area contributed by atoms with Crippen molar-refractivity contribution in [2.24, 2.45) is 0 Å². The maximum absolute atomic E-state index is 14.0. The van der Waals surface area contributed by atoms with Crippen molar-refractivity contribution in [2.45, 2.75) is 50.0 Å². The third kappa shape index (κ3) is 8.60. The first kappa shape index (κ1) is 35.5. The number of nitrogens with zero attached hydrogens (tertiary/aromatic N) is 4. The predicted molar refractivity (Wildman–Crippen MR) is 178 cm³/mol. The van der Waals surface area contributed by atoms with Gasteiger partial charge in [0.2, 0.25) is 10.9 Å². The molecular formula is C35H37F3N4O6S. The van der Waals surface area contributed by atoms with Crippen molar-refractivity contribution in [1.29, 1.82) is 0 Å². The predicted octanol–water partition coefficient (Wildman–Crippen LogP) is 6.15. The molecule has 0 radical (unpaired) electrons. The van der Waals surface area contributed by atoms with Crippen LogP contribution in [0.3, 0.4) is 0 Å². The van der Waals surface area contributed by atoms with E-state index in [1.54, 1.807) is 79.1 Å². The molecule has 4 aromatic rings. The first-order valence-electron chi connectivity index (χ1n) is 15.6. The molecule has 1 aromatic heterocycles. The minimum absolute atomic E-state index is 0.0348. The Morgan fingerprint density at radius 3 is 2.24 bits per heavy atom. The van der Waals surface area contributed by atoms with Crippen molar-refractivity contribution in [2.75, 3.05) is 38.1 Å². The fraction of sp³-hybridized carbons (Fsp3) is 0.343. The Balaban J connectivity index is 1.31. The molecule has 1 aliphatic heterocycles. The minimum atomic E-state index is -4.47. The molecule has 10 nitrogen and oxygen atoms in total. The zero-order chi connectivity index (χ0) is 35.6. The second kappa shape index (κ2) is 13.9. The Kier molecular flexibility index (Phi) is 10.1. The summed E-state index contributed by atoms with van der Waals surface area (Å²) in [6.07, 6.45) is -3.71. The number of carbonyl (C=O) groups is 2. The second-order valence-corrected chi connectivity index (χ2v) is 14.2. The number of halogens is 3. The summed E-state index contributed by atoms with van der Waals surface area (Å²) in [5, 5.41) is 0.896. The Hall–Kier alpha value is -4.85. The van der Waals surface area contributed by atoms with Gasteiger partial charge in [-0.2, -0.15) is 21.6 Å². The summed E-state index contributed by atoms with van der Waals surface area (Å²) in [6, 6.07) is 18.8. The van der Waals surface area contributed by atoms with Gasteiger partial charge in [-0.05, 0) is 68.1 Å². The molecule has 260 valence electrons. The molecular weight excluding hydrogens is 661 g/mol. The molecule has 0 aliphatic carbocycles. The molecule has 0 N–H and O–H groups in total. The number of carbonyl (C=O) groups excluding carboxylic acids is 2. The maximum Gasteiger partial charge on any atom is 0.416 e. The average Bonchev–Trinajstić information content (AvgIpc) is 3.06. The smallest absolute Gasteiger partial charge is 0.416 e. The van der Waals surface area contributed by atoms with E-state index in [-0.39, 0.29) is 36.2 Å². The van der Waals surface area contributed by atoms with Crippen LogP contribution in [0.1, 0.15) is 31.9 Å². The van der Waals surface area contributed by atoms with Crippen LogP contribution in [0, 0.1) is 0 Å². The number of pyridine rings is 1. The highest BCUT2D eigenvalue weighted by Gasteiger charge is 2.35. The number of aromatic nitrogens is 1. The van der Waals surface area contributed by atoms with Gasteiger partial charge in [-0.3, -0.25) is 9.69 Å². The molecule has 49 heavy (non-hydrogen) atoms. The summed E-state index contributed by atoms with van der Waals surface area (Å²) >= 11 is 0. The maximum atomic E-state index is 14.0. The molecule has 14 heteroatoms. The number of hydrogen-bond donors (Lipinski definition) is 0. The zero-order valence-electron chi connectivity index (χ0n) is 27.5. The number of likely N-dealkylation sites (N-methyl/N-ethyl adjacent to an activating group) is 1. The number of alkyl halides is 3. The van der Waals surface area contributed by atoms with Crippen molar-refractivity contribution >= 4 is 38.6 Å². The molecule has 0 bridgehead atoms. The Morgan fingerprint density at radius 1 is 0.918 bits per heavy atom. The van der Waals surface area contributed by atoms with Crippen LogP contribution in [0.5, 0.6) is 5.75 Å². The Morgan fingerprint density at radius 2 is 1.59 bits per heavy atom. The number of fused-ring (bicyclic) bond motifs is 1. The summed E-state index contributed by atoms with van der Waals surface area (Å²) in [5.41, 5.74) is -0.546. The van der Waals surface area contributed by atoms with E-state index < -0.39 is 39.6 Å². The molecule has 1 saturated heterocycles. The molecule has 1 fully saturated rings. The highest BCUT2D eigenvalue weighted by Crippen LogP contribution is 2.32. The lowest BCUT2D eigenvalue weighted by Crippen LogP contribution is -2.56. The first-order chi connectivity index (χ1) is 23.0. The molecule has 0 unspecified atom stereocenters. The number of rotatable bonds is 8. The third-order valence-electron chi connectivity index (χ3n) is 8.00. The normalized spacial score (nSPS) is 14.8. The number of hydrogen-bond acceptors (Lipinski definition) is 8. The number of ether oxygens (including phenoxy) is 1. The fourth-order valence-electron chi connectivity index (χ4n) is 5.49. The molecule has 1 aliphatic rings. The van der Waals surface area contributed by atoms with Crippen molar-refractivity contribution in [3.8, 4) is 5.75 Å². The number of amides is 2. The minimum Gasteiger partial charge on any atom is -0.444 e. The van der Waals surface area contributed by atoms with Gasteiger partial charge in [0, 0.05) is 56.9 Å². The standard InChI is InChI=1S/C35H37F3N4O6S/c1-34(2,3)47-33(44)40(4)30(32(43)42-20-18-41(19-21-42)27-10-7-9-26(23-27)35(36,37)38)22-24-12-14-28(15-13-24)48-49(45,46)31-29-11-6-5-8-25(29)16-17-39-31/h5-17,23,30H,18-22H2,1-4H3/t30-/m0/s1. The van der Waals surface area contributed by atoms with E-state index in [1.807, 2.05) is 0 Å². The summed E-state index contributed by atoms with van der Waals surface area (Å²) in [6.45, 7) is 6.17. The van der Waals surface area contributed by atoms with Gasteiger partial charge in [-0.25, -0.2) is 9.78 Å². The van der Waals surface area contributed by atoms with E-state index in [0.29, 0.717) is 35.1 Å². The van der Waals surface area contributed by atoms with E-state index in [9.17, 15) is 31.2 Å². The van der Waals surface area contributed by atoms with E-state index in [4.69, 9.17) is 8.92 Å². The van der Waals surface area contributed by atoms with Gasteiger partial charge in [0.15, 0.2) is 0 Å². The lowest BCUT2D eigenvalue weighted by Gasteiger charge is -2.39. The summed E-state index contributed by atoms with van der Waals surface area (Å²) < 4.78 is 77.1. The van der Waals surface area contributed by atoms with Gasteiger partial charge in [-0.1, -0.05) is 42.5 Å². The fourth-order valence-corrected chi connectivity index (χ4v) is 6.58. The van der Waals surface area contributed by atoms with Crippen LogP contribution in [-0.4, -0.2) is 80.1 Å². The van der Waals surface area contributed by atoms with Gasteiger partial charge in [0.05, 0.1) is 5.56 Å². The van der Waals surface area contributed by atoms with Crippen LogP contribution in [0.25, 0.3) is 10.8 Å². The first-order valence-corrected chi connectivity index (χ1v) is 17.0. The van der Waals surface area contributed by atoms with Gasteiger partial charge < -0.3 is 18.7 Å². The van der Waals surface area contributed by atoms with Gasteiger partial charge >= 0.3 is 22.4 Å². The van der Waals surface area contributed by atoms with Crippen LogP contribution in [0.4, 0.5) is 23.7 Å². The SMILES string of the molecule is CN(C(=O)OC(C)(C)C)[C@@H](Cc1ccc(OS(=O)(=O)c2nccc3ccccc23)cc1)C(=O)N1CCN(c2cccc(C(F)(F)F)c2)CC1. The van der Waals surface area contributed by atoms with E-state index in [2.05, 4.69) is 4.98 Å². The second-order valence-electron chi connectivity index (χ2n) is 12.7. The van der Waals surface area contributed by atoms with Gasteiger partial charge in [0.25, 0.3) is 0 Å². The van der Waals surface area contributed by atoms with Crippen LogP contribution in [0.2, 0.25) is 0 Å². The molecule has 3 aromatic carbocycles. The van der Waals surface area contributed by atoms with Crippen LogP contribution >= 0.6 is 0 Å². The van der Waals surface area contributed by atoms with E-state index in [0.717, 1.165) is 12.1 Å². The molecule has 5 rings (SSSR count). The van der Waals surface area contributed by atoms with Crippen molar-refractivity contribution in [3.63, 3.8) is 0 Å². The van der Waals surface area contributed by atoms with Crippen molar-refractivity contribution in [3.05, 3.63) is 96.2 Å². The summed E-state index contributed by atoms with van der Waals surface area (Å²) in [5.74, 6) is -0.324. The molecule has 0 saturated carbocycles. The number of piperazine rings is 1. The van der Waals surface area contributed by atoms with Crippen molar-refractivity contribution < 1.29 is 40.1 Å². The van der Waals surface area contributed by atoms with Crippen LogP contribution < -0.4 is 9.08 Å². The topological polar surface area (TPSA) is 109 Å². The lowest BCUT2D eigenvalue weighted by atomic mass is 10.0. The highest BCUT2D eigenvalue weighted by molar-refractivity contribution is 7.87. The molecule has 1 atom stereocenters. The molecule has 0 spiro atoms. The lowest BCUT2D eigenvalue weighted by molar-refractivity contribution is -0.137. The monoisotopic (exact) mass is 698 g/mol. The highest BCUT2D eigenvalue weighted by atomic mass is 32.2. The molecule has 2 heterocycles. The van der Waals surface area contributed by atoms with Gasteiger partial charge in [0.1, 0.15) is 17.4 Å². The summed E-state index contributed by atoms with van der Waals surface area (Å²) in [4.78, 5) is 35.7. The summed E-state index contributed by atoms with van der Waals surface area (Å²) in [7, 11) is -2.81. The van der Waals surface area contributed by atoms with Gasteiger partial charge in [-0.15, -0.1) is 0 Å². The average molecular weight is 699 g/mol. The largest absolute Gasteiger partial charge is 0.444 e. The van der Waals surface area contributed by atoms with Crippen LogP contribution in [-0.2, 0) is 32.2 Å². The Bertz CT molecular complexity index is 1920. The number of anilines is 1. The van der Waals surface area contributed by atoms with E-state index >= 15 is 0 Å². The Labute approximate surface area is 283 Å². The third-order valence-corrected chi connectivity index (χ3v) is 9.21. The zero-order valence-corrected chi connectivity index (χ0v) is 28.3. The number of benzene rings is 3. The molecule has 2 amide bonds. The quantitative estimate of drug-likeness (QED) is 0.202. The van der Waals surface area contributed by atoms with Crippen LogP contribution in [0.15, 0.2) is 90.1 Å². The van der Waals surface area contributed by atoms with E-state index in [1.165, 1.54) is 36.3 Å². The van der Waals surface area contributed by atoms with Crippen molar-refractivity contribution in [1.82, 2.24) is 14.8 Å².